The van der Waals surface area contributed by atoms with Gasteiger partial charge in [-0.3, -0.25) is 20.4 Å². The quantitative estimate of drug-likeness (QED) is 0.331. The van der Waals surface area contributed by atoms with Crippen molar-refractivity contribution >= 4 is 11.6 Å². The van der Waals surface area contributed by atoms with Crippen LogP contribution in [0.1, 0.15) is 77.6 Å². The molecule has 3 aliphatic carbocycles. The van der Waals surface area contributed by atoms with E-state index in [4.69, 9.17) is 10.1 Å². The van der Waals surface area contributed by atoms with Crippen LogP contribution in [0.3, 0.4) is 0 Å². The van der Waals surface area contributed by atoms with Crippen molar-refractivity contribution in [3.8, 4) is 0 Å². The average Bonchev–Trinajstić information content (AvgIpc) is 3.35. The molecule has 180 valence electrons. The third-order valence-corrected chi connectivity index (χ3v) is 8.07. The number of hydrogen-bond acceptors (Lipinski definition) is 6. The van der Waals surface area contributed by atoms with E-state index in [9.17, 15) is 9.90 Å². The van der Waals surface area contributed by atoms with Crippen LogP contribution in [-0.4, -0.2) is 60.0 Å². The van der Waals surface area contributed by atoms with Gasteiger partial charge in [0.05, 0.1) is 18.9 Å². The molecular weight excluding hydrogens is 404 g/mol. The summed E-state index contributed by atoms with van der Waals surface area (Å²) in [6.07, 6.45) is 10.9. The Bertz CT molecular complexity index is 714. The summed E-state index contributed by atoms with van der Waals surface area (Å²) in [5, 5.41) is 29.4. The van der Waals surface area contributed by atoms with Crippen LogP contribution >= 0.6 is 0 Å². The zero-order valence-corrected chi connectivity index (χ0v) is 19.6. The number of carbonyl (C=O) groups excluding carboxylic acids is 1. The number of hydrogen-bond donors (Lipinski definition) is 5. The Morgan fingerprint density at radius 1 is 1.22 bits per heavy atom. The van der Waals surface area contributed by atoms with Crippen LogP contribution < -0.4 is 16.0 Å². The van der Waals surface area contributed by atoms with Crippen LogP contribution in [0.5, 0.6) is 0 Å². The maximum absolute atomic E-state index is 12.5. The number of aliphatic hydroxyl groups is 2. The molecule has 2 saturated carbocycles. The lowest BCUT2D eigenvalue weighted by Gasteiger charge is -2.35. The Balaban J connectivity index is 1.38. The van der Waals surface area contributed by atoms with Crippen molar-refractivity contribution in [2.45, 2.75) is 95.9 Å². The van der Waals surface area contributed by atoms with Crippen LogP contribution in [0.4, 0.5) is 0 Å². The maximum atomic E-state index is 12.5. The molecule has 0 aromatic rings. The lowest BCUT2D eigenvalue weighted by Crippen LogP contribution is -2.52. The number of carbonyl (C=O) groups is 1. The molecule has 0 radical (unpaired) electrons. The predicted molar refractivity (Wildman–Crippen MR) is 126 cm³/mol. The van der Waals surface area contributed by atoms with E-state index < -0.39 is 0 Å². The van der Waals surface area contributed by atoms with Crippen LogP contribution in [0.2, 0.25) is 0 Å². The molecular formula is C25H42N4O3. The van der Waals surface area contributed by atoms with Crippen molar-refractivity contribution < 1.29 is 15.0 Å². The van der Waals surface area contributed by atoms with Crippen molar-refractivity contribution in [3.05, 3.63) is 11.1 Å². The second kappa shape index (κ2) is 11.2. The van der Waals surface area contributed by atoms with Crippen LogP contribution in [0.15, 0.2) is 16.1 Å². The summed E-state index contributed by atoms with van der Waals surface area (Å²) in [4.78, 5) is 17.3. The number of nitrogens with one attached hydrogen (secondary N) is 3. The number of allylic oxidation sites excluding steroid dienone is 1. The van der Waals surface area contributed by atoms with E-state index in [1.165, 1.54) is 29.7 Å². The Labute approximate surface area is 192 Å². The summed E-state index contributed by atoms with van der Waals surface area (Å²) in [5.41, 5.74) is 4.09. The van der Waals surface area contributed by atoms with Gasteiger partial charge in [0.1, 0.15) is 0 Å². The highest BCUT2D eigenvalue weighted by Crippen LogP contribution is 2.48. The summed E-state index contributed by atoms with van der Waals surface area (Å²) < 4.78 is 0. The largest absolute Gasteiger partial charge is 0.396 e. The van der Waals surface area contributed by atoms with Crippen molar-refractivity contribution in [2.75, 3.05) is 19.8 Å². The molecule has 1 amide bonds. The normalized spacial score (nSPS) is 33.0. The third-order valence-electron chi connectivity index (χ3n) is 8.07. The van der Waals surface area contributed by atoms with Gasteiger partial charge in [-0.25, -0.2) is 0 Å². The van der Waals surface area contributed by atoms with Gasteiger partial charge in [0.15, 0.2) is 0 Å². The minimum Gasteiger partial charge on any atom is -0.396 e. The highest BCUT2D eigenvalue weighted by Gasteiger charge is 2.43. The van der Waals surface area contributed by atoms with Crippen LogP contribution in [0, 0.1) is 17.8 Å². The first-order chi connectivity index (χ1) is 15.6. The summed E-state index contributed by atoms with van der Waals surface area (Å²) in [5.74, 6) is 1.62. The minimum atomic E-state index is -0.147. The van der Waals surface area contributed by atoms with E-state index in [-0.39, 0.29) is 24.8 Å². The lowest BCUT2D eigenvalue weighted by molar-refractivity contribution is -0.121. The molecule has 5 N–H and O–H groups in total. The van der Waals surface area contributed by atoms with Gasteiger partial charge in [-0.15, -0.1) is 0 Å². The highest BCUT2D eigenvalue weighted by molar-refractivity contribution is 6.05. The number of aliphatic imine (C=N–C) groups is 1. The molecule has 0 spiro atoms. The van der Waals surface area contributed by atoms with Gasteiger partial charge < -0.3 is 15.5 Å². The fourth-order valence-electron chi connectivity index (χ4n) is 6.33. The molecule has 4 unspecified atom stereocenters. The average molecular weight is 447 g/mol. The second-order valence-electron chi connectivity index (χ2n) is 10.3. The summed E-state index contributed by atoms with van der Waals surface area (Å²) in [7, 11) is 0. The molecule has 0 aromatic carbocycles. The molecule has 4 atom stereocenters. The van der Waals surface area contributed by atoms with E-state index in [0.717, 1.165) is 44.9 Å². The highest BCUT2D eigenvalue weighted by atomic mass is 16.3. The Hall–Kier alpha value is -1.28. The number of rotatable bonds is 10. The van der Waals surface area contributed by atoms with Gasteiger partial charge in [-0.2, -0.15) is 0 Å². The zero-order chi connectivity index (χ0) is 22.5. The van der Waals surface area contributed by atoms with Gasteiger partial charge in [0.25, 0.3) is 0 Å². The van der Waals surface area contributed by atoms with E-state index >= 15 is 0 Å². The van der Waals surface area contributed by atoms with Gasteiger partial charge >= 0.3 is 0 Å². The first kappa shape index (κ1) is 23.9. The number of fused-ring (bicyclic) bond motifs is 2. The van der Waals surface area contributed by atoms with Gasteiger partial charge in [-0.05, 0) is 82.0 Å². The number of nitrogens with zero attached hydrogens (tertiary/aromatic N) is 1. The minimum absolute atomic E-state index is 0.100. The van der Waals surface area contributed by atoms with Crippen LogP contribution in [-0.2, 0) is 4.79 Å². The lowest BCUT2D eigenvalue weighted by atomic mass is 9.82. The van der Waals surface area contributed by atoms with Crippen molar-refractivity contribution in [1.82, 2.24) is 16.0 Å². The standard InChI is InChI=1S/C25H42N4O3/c1-2-20(31)12-16-4-8-19(9-5-16)29-25-24-21(27-15-28-25)13-17-6-7-18(23(17)24)14-22(32)26-10-3-11-30/h16-20,25,28-31H,2-15H2,1H3,(H,26,32). The molecule has 1 aliphatic heterocycles. The second-order valence-corrected chi connectivity index (χ2v) is 10.3. The summed E-state index contributed by atoms with van der Waals surface area (Å²) in [6.45, 7) is 3.39. The number of aliphatic hydroxyl groups excluding tert-OH is 2. The summed E-state index contributed by atoms with van der Waals surface area (Å²) in [6, 6.07) is 0.496. The first-order valence-electron chi connectivity index (χ1n) is 12.9. The fraction of sp³-hybridized carbons (Fsp3) is 0.840. The molecule has 7 nitrogen and oxygen atoms in total. The van der Waals surface area contributed by atoms with Gasteiger partial charge in [0.2, 0.25) is 5.91 Å². The SMILES string of the molecule is CCC(O)CC1CCC(NC2NCN=C3CC4CCC(CC(=O)NCCCO)C4=C32)CC1. The van der Waals surface area contributed by atoms with Gasteiger partial charge in [0, 0.05) is 36.9 Å². The summed E-state index contributed by atoms with van der Waals surface area (Å²) >= 11 is 0. The fourth-order valence-corrected chi connectivity index (χ4v) is 6.33. The molecule has 2 fully saturated rings. The Morgan fingerprint density at radius 2 is 2.03 bits per heavy atom. The first-order valence-corrected chi connectivity index (χ1v) is 12.9. The van der Waals surface area contributed by atoms with Crippen molar-refractivity contribution in [3.63, 3.8) is 0 Å². The van der Waals surface area contributed by atoms with E-state index in [2.05, 4.69) is 22.9 Å². The molecule has 0 aromatic heterocycles. The predicted octanol–water partition coefficient (Wildman–Crippen LogP) is 2.24. The molecule has 0 saturated heterocycles. The molecule has 1 heterocycles. The molecule has 0 bridgehead atoms. The third kappa shape index (κ3) is 5.61. The van der Waals surface area contributed by atoms with E-state index in [1.54, 1.807) is 0 Å². The molecule has 4 aliphatic rings. The van der Waals surface area contributed by atoms with E-state index in [1.807, 2.05) is 0 Å². The molecule has 7 heteroatoms. The topological polar surface area (TPSA) is 106 Å². The molecule has 4 rings (SSSR count). The number of amides is 1. The van der Waals surface area contributed by atoms with Crippen molar-refractivity contribution in [1.29, 1.82) is 0 Å². The maximum Gasteiger partial charge on any atom is 0.220 e. The zero-order valence-electron chi connectivity index (χ0n) is 19.6. The van der Waals surface area contributed by atoms with Gasteiger partial charge in [-0.1, -0.05) is 12.5 Å². The van der Waals surface area contributed by atoms with Crippen LogP contribution in [0.25, 0.3) is 0 Å². The Kier molecular flexibility index (Phi) is 8.38. The van der Waals surface area contributed by atoms with Crippen molar-refractivity contribution in [2.24, 2.45) is 22.7 Å². The Morgan fingerprint density at radius 3 is 2.78 bits per heavy atom. The van der Waals surface area contributed by atoms with E-state index in [0.29, 0.717) is 49.9 Å². The molecule has 32 heavy (non-hydrogen) atoms. The smallest absolute Gasteiger partial charge is 0.220 e. The monoisotopic (exact) mass is 446 g/mol.